The SMILES string of the molecule is Cc1ccsc1[C@@H]1CCN(C(=O)c2nnc3n2CCCCC3)C[C@H]1O. The molecule has 1 N–H and O–H groups in total. The molecule has 7 heteroatoms. The van der Waals surface area contributed by atoms with Crippen molar-refractivity contribution in [1.29, 1.82) is 0 Å². The molecule has 4 heterocycles. The maximum Gasteiger partial charge on any atom is 0.291 e. The molecule has 2 atom stereocenters. The minimum Gasteiger partial charge on any atom is -0.391 e. The number of aliphatic hydroxyl groups excluding tert-OH is 1. The van der Waals surface area contributed by atoms with Crippen LogP contribution in [0.5, 0.6) is 0 Å². The van der Waals surface area contributed by atoms with Gasteiger partial charge in [0, 0.05) is 36.9 Å². The molecule has 2 aromatic rings. The van der Waals surface area contributed by atoms with Crippen LogP contribution in [0.2, 0.25) is 0 Å². The molecule has 2 aliphatic rings. The molecule has 25 heavy (non-hydrogen) atoms. The van der Waals surface area contributed by atoms with Crippen LogP contribution in [0, 0.1) is 6.92 Å². The van der Waals surface area contributed by atoms with E-state index in [1.807, 2.05) is 4.57 Å². The maximum atomic E-state index is 12.9. The Morgan fingerprint density at radius 2 is 2.16 bits per heavy atom. The predicted octanol–water partition coefficient (Wildman–Crippen LogP) is 2.37. The summed E-state index contributed by atoms with van der Waals surface area (Å²) in [6, 6.07) is 2.09. The van der Waals surface area contributed by atoms with Crippen molar-refractivity contribution in [2.24, 2.45) is 0 Å². The zero-order chi connectivity index (χ0) is 17.4. The molecule has 2 aromatic heterocycles. The van der Waals surface area contributed by atoms with Crippen molar-refractivity contribution in [3.8, 4) is 0 Å². The summed E-state index contributed by atoms with van der Waals surface area (Å²) in [5.74, 6) is 1.39. The van der Waals surface area contributed by atoms with Crippen LogP contribution in [0.25, 0.3) is 0 Å². The summed E-state index contributed by atoms with van der Waals surface area (Å²) in [5.41, 5.74) is 1.23. The lowest BCUT2D eigenvalue weighted by molar-refractivity contribution is 0.0374. The molecule has 1 saturated heterocycles. The number of aryl methyl sites for hydroxylation is 2. The fourth-order valence-corrected chi connectivity index (χ4v) is 5.09. The van der Waals surface area contributed by atoms with Crippen LogP contribution in [-0.2, 0) is 13.0 Å². The second kappa shape index (κ2) is 6.88. The Morgan fingerprint density at radius 1 is 1.28 bits per heavy atom. The Balaban J connectivity index is 1.50. The van der Waals surface area contributed by atoms with E-state index in [1.54, 1.807) is 16.2 Å². The lowest BCUT2D eigenvalue weighted by Crippen LogP contribution is -2.46. The molecule has 0 bridgehead atoms. The third-order valence-corrected chi connectivity index (χ3v) is 6.56. The zero-order valence-electron chi connectivity index (χ0n) is 14.5. The molecular weight excluding hydrogens is 336 g/mol. The first kappa shape index (κ1) is 16.7. The molecule has 4 rings (SSSR count). The van der Waals surface area contributed by atoms with Crippen LogP contribution in [0.15, 0.2) is 11.4 Å². The van der Waals surface area contributed by atoms with Gasteiger partial charge in [0.15, 0.2) is 0 Å². The Labute approximate surface area is 151 Å². The summed E-state index contributed by atoms with van der Waals surface area (Å²) in [7, 11) is 0. The van der Waals surface area contributed by atoms with Gasteiger partial charge in [0.2, 0.25) is 5.82 Å². The number of carbonyl (C=O) groups excluding carboxylic acids is 1. The van der Waals surface area contributed by atoms with E-state index in [0.717, 1.165) is 38.1 Å². The molecule has 1 amide bonds. The summed E-state index contributed by atoms with van der Waals surface area (Å²) >= 11 is 1.70. The summed E-state index contributed by atoms with van der Waals surface area (Å²) in [6.07, 6.45) is 4.49. The summed E-state index contributed by atoms with van der Waals surface area (Å²) in [6.45, 7) is 3.92. The molecule has 6 nitrogen and oxygen atoms in total. The van der Waals surface area contributed by atoms with E-state index in [1.165, 1.54) is 16.9 Å². The first-order chi connectivity index (χ1) is 12.1. The van der Waals surface area contributed by atoms with E-state index < -0.39 is 6.10 Å². The Bertz CT molecular complexity index is 769. The number of amides is 1. The predicted molar refractivity (Wildman–Crippen MR) is 95.9 cm³/mol. The van der Waals surface area contributed by atoms with Gasteiger partial charge in [0.1, 0.15) is 5.82 Å². The average Bonchev–Trinajstić information content (AvgIpc) is 3.13. The van der Waals surface area contributed by atoms with Crippen molar-refractivity contribution < 1.29 is 9.90 Å². The van der Waals surface area contributed by atoms with E-state index in [2.05, 4.69) is 28.6 Å². The smallest absolute Gasteiger partial charge is 0.291 e. The molecule has 0 spiro atoms. The first-order valence-electron chi connectivity index (χ1n) is 9.08. The molecule has 0 radical (unpaired) electrons. The molecule has 2 aliphatic heterocycles. The number of aliphatic hydroxyl groups is 1. The molecule has 1 fully saturated rings. The van der Waals surface area contributed by atoms with Gasteiger partial charge < -0.3 is 14.6 Å². The fraction of sp³-hybridized carbons (Fsp3) is 0.611. The highest BCUT2D eigenvalue weighted by atomic mass is 32.1. The number of likely N-dealkylation sites (tertiary alicyclic amines) is 1. The number of rotatable bonds is 2. The molecule has 0 aromatic carbocycles. The Hall–Kier alpha value is -1.73. The van der Waals surface area contributed by atoms with E-state index in [9.17, 15) is 9.90 Å². The highest BCUT2D eigenvalue weighted by Gasteiger charge is 2.34. The topological polar surface area (TPSA) is 71.2 Å². The van der Waals surface area contributed by atoms with Crippen molar-refractivity contribution >= 4 is 17.2 Å². The third kappa shape index (κ3) is 3.11. The minimum atomic E-state index is -0.526. The van der Waals surface area contributed by atoms with Crippen molar-refractivity contribution in [3.05, 3.63) is 33.5 Å². The van der Waals surface area contributed by atoms with Gasteiger partial charge >= 0.3 is 0 Å². The second-order valence-electron chi connectivity index (χ2n) is 7.08. The number of β-amino-alcohol motifs (C(OH)–C–C–N with tert-alkyl or cyclic N) is 1. The quantitative estimate of drug-likeness (QED) is 0.892. The number of thiophene rings is 1. The fourth-order valence-electron chi connectivity index (χ4n) is 3.97. The first-order valence-corrected chi connectivity index (χ1v) is 9.96. The third-order valence-electron chi connectivity index (χ3n) is 5.41. The average molecular weight is 360 g/mol. The molecule has 0 unspecified atom stereocenters. The van der Waals surface area contributed by atoms with Crippen LogP contribution in [0.1, 0.15) is 58.5 Å². The van der Waals surface area contributed by atoms with Crippen molar-refractivity contribution in [2.45, 2.75) is 57.6 Å². The lowest BCUT2D eigenvalue weighted by atomic mass is 9.90. The Kier molecular flexibility index (Phi) is 4.60. The maximum absolute atomic E-state index is 12.9. The van der Waals surface area contributed by atoms with Crippen LogP contribution in [-0.4, -0.2) is 49.9 Å². The van der Waals surface area contributed by atoms with Crippen LogP contribution in [0.3, 0.4) is 0 Å². The molecule has 0 aliphatic carbocycles. The largest absolute Gasteiger partial charge is 0.391 e. The number of fused-ring (bicyclic) bond motifs is 1. The van der Waals surface area contributed by atoms with Gasteiger partial charge in [-0.1, -0.05) is 6.42 Å². The number of aromatic nitrogens is 3. The molecule has 134 valence electrons. The van der Waals surface area contributed by atoms with Crippen molar-refractivity contribution in [2.75, 3.05) is 13.1 Å². The number of piperidine rings is 1. The number of hydrogen-bond donors (Lipinski definition) is 1. The van der Waals surface area contributed by atoms with Crippen molar-refractivity contribution in [3.63, 3.8) is 0 Å². The van der Waals surface area contributed by atoms with E-state index in [0.29, 0.717) is 18.9 Å². The minimum absolute atomic E-state index is 0.0962. The van der Waals surface area contributed by atoms with Gasteiger partial charge in [-0.15, -0.1) is 21.5 Å². The lowest BCUT2D eigenvalue weighted by Gasteiger charge is -2.35. The highest BCUT2D eigenvalue weighted by Crippen LogP contribution is 2.34. The number of hydrogen-bond acceptors (Lipinski definition) is 5. The summed E-state index contributed by atoms with van der Waals surface area (Å²) in [5, 5.41) is 21.1. The van der Waals surface area contributed by atoms with Crippen LogP contribution >= 0.6 is 11.3 Å². The van der Waals surface area contributed by atoms with Gasteiger partial charge in [-0.3, -0.25) is 4.79 Å². The van der Waals surface area contributed by atoms with E-state index in [4.69, 9.17) is 0 Å². The van der Waals surface area contributed by atoms with Gasteiger partial charge in [0.25, 0.3) is 5.91 Å². The van der Waals surface area contributed by atoms with Gasteiger partial charge in [-0.25, -0.2) is 0 Å². The standard InChI is InChI=1S/C18H24N4O2S/c1-12-7-10-25-16(12)13-6-9-21(11-14(13)23)18(24)17-20-19-15-5-3-2-4-8-22(15)17/h7,10,13-14,23H,2-6,8-9,11H2,1H3/t13-,14-/m1/s1. The number of nitrogens with zero attached hydrogens (tertiary/aromatic N) is 4. The molecule has 0 saturated carbocycles. The van der Waals surface area contributed by atoms with E-state index >= 15 is 0 Å². The Morgan fingerprint density at radius 3 is 2.92 bits per heavy atom. The summed E-state index contributed by atoms with van der Waals surface area (Å²) < 4.78 is 1.98. The van der Waals surface area contributed by atoms with Gasteiger partial charge in [0.05, 0.1) is 6.10 Å². The van der Waals surface area contributed by atoms with Crippen LogP contribution < -0.4 is 0 Å². The normalized spacial score (nSPS) is 24.0. The van der Waals surface area contributed by atoms with Crippen LogP contribution in [0.4, 0.5) is 0 Å². The number of carbonyl (C=O) groups is 1. The second-order valence-corrected chi connectivity index (χ2v) is 8.03. The monoisotopic (exact) mass is 360 g/mol. The van der Waals surface area contributed by atoms with Gasteiger partial charge in [-0.2, -0.15) is 0 Å². The highest BCUT2D eigenvalue weighted by molar-refractivity contribution is 7.10. The van der Waals surface area contributed by atoms with Gasteiger partial charge in [-0.05, 0) is 43.2 Å². The zero-order valence-corrected chi connectivity index (χ0v) is 15.3. The van der Waals surface area contributed by atoms with Crippen molar-refractivity contribution in [1.82, 2.24) is 19.7 Å². The molecular formula is C18H24N4O2S. The summed E-state index contributed by atoms with van der Waals surface area (Å²) in [4.78, 5) is 15.9. The van der Waals surface area contributed by atoms with E-state index in [-0.39, 0.29) is 11.8 Å².